The molecule has 1 aromatic carbocycles. The number of carbonyl (C=O) groups excluding carboxylic acids is 1. The molecule has 18 heavy (non-hydrogen) atoms. The molecule has 0 radical (unpaired) electrons. The molecule has 0 aliphatic heterocycles. The number of anilines is 1. The number of benzene rings is 1. The number of nitrogens with zero attached hydrogens (tertiary/aromatic N) is 1. The Hall–Kier alpha value is -2.14. The van der Waals surface area contributed by atoms with Crippen LogP contribution in [0.15, 0.2) is 34.9 Å². The van der Waals surface area contributed by atoms with Crippen LogP contribution < -0.4 is 11.1 Å². The highest BCUT2D eigenvalue weighted by molar-refractivity contribution is 5.94. The quantitative estimate of drug-likeness (QED) is 0.865. The molecule has 1 amide bonds. The van der Waals surface area contributed by atoms with E-state index in [9.17, 15) is 4.79 Å². The Kier molecular flexibility index (Phi) is 3.43. The summed E-state index contributed by atoms with van der Waals surface area (Å²) in [6, 6.07) is 8.44. The molecule has 5 nitrogen and oxygen atoms in total. The molecule has 5 heteroatoms. The Labute approximate surface area is 105 Å². The molecule has 1 atom stereocenters. The van der Waals surface area contributed by atoms with Crippen molar-refractivity contribution in [3.8, 4) is 0 Å². The molecule has 1 aromatic heterocycles. The predicted octanol–water partition coefficient (Wildman–Crippen LogP) is 1.93. The van der Waals surface area contributed by atoms with Gasteiger partial charge in [0.2, 0.25) is 11.8 Å². The van der Waals surface area contributed by atoms with E-state index in [4.69, 9.17) is 10.3 Å². The number of aromatic nitrogens is 1. The number of amides is 1. The zero-order valence-corrected chi connectivity index (χ0v) is 10.3. The minimum atomic E-state index is -0.726. The van der Waals surface area contributed by atoms with Crippen molar-refractivity contribution < 1.29 is 9.32 Å². The molecule has 2 rings (SSSR count). The Morgan fingerprint density at radius 2 is 2.00 bits per heavy atom. The second kappa shape index (κ2) is 5.01. The Bertz CT molecular complexity index is 549. The van der Waals surface area contributed by atoms with Crippen molar-refractivity contribution >= 4 is 11.8 Å². The number of nitrogens with one attached hydrogen (secondary N) is 1. The van der Waals surface area contributed by atoms with E-state index < -0.39 is 6.04 Å². The maximum Gasteiger partial charge on any atom is 0.248 e. The van der Waals surface area contributed by atoms with E-state index in [2.05, 4.69) is 10.5 Å². The molecule has 0 saturated heterocycles. The normalized spacial score (nSPS) is 12.2. The maximum atomic E-state index is 12.0. The van der Waals surface area contributed by atoms with E-state index in [1.165, 1.54) is 0 Å². The van der Waals surface area contributed by atoms with Gasteiger partial charge in [-0.25, -0.2) is 0 Å². The van der Waals surface area contributed by atoms with E-state index in [0.717, 1.165) is 16.8 Å². The molecule has 0 aliphatic rings. The van der Waals surface area contributed by atoms with Crippen molar-refractivity contribution in [3.63, 3.8) is 0 Å². The van der Waals surface area contributed by atoms with E-state index in [1.54, 1.807) is 0 Å². The van der Waals surface area contributed by atoms with Gasteiger partial charge in [-0.05, 0) is 19.4 Å². The molecule has 1 heterocycles. The highest BCUT2D eigenvalue weighted by atomic mass is 16.5. The van der Waals surface area contributed by atoms with Gasteiger partial charge in [0.1, 0.15) is 6.04 Å². The van der Waals surface area contributed by atoms with Gasteiger partial charge in [-0.2, -0.15) is 0 Å². The van der Waals surface area contributed by atoms with Crippen molar-refractivity contribution in [3.05, 3.63) is 47.2 Å². The monoisotopic (exact) mass is 245 g/mol. The summed E-state index contributed by atoms with van der Waals surface area (Å²) in [5.41, 5.74) is 8.18. The van der Waals surface area contributed by atoms with Crippen molar-refractivity contribution in [2.75, 3.05) is 5.32 Å². The lowest BCUT2D eigenvalue weighted by Crippen LogP contribution is -2.27. The number of aryl methyl sites for hydroxylation is 1. The molecule has 2 aromatic rings. The van der Waals surface area contributed by atoms with Gasteiger partial charge in [0.15, 0.2) is 0 Å². The van der Waals surface area contributed by atoms with Gasteiger partial charge in [-0.15, -0.1) is 0 Å². The standard InChI is InChI=1S/C13H15N3O2/c1-8-9(2)16-18-13(8)15-12(17)11(14)10-6-4-3-5-7-10/h3-7,11H,14H2,1-2H3,(H,15,17)/t11-/m1/s1. The van der Waals surface area contributed by atoms with Gasteiger partial charge in [-0.3, -0.25) is 10.1 Å². The number of hydrogen-bond acceptors (Lipinski definition) is 4. The number of rotatable bonds is 3. The summed E-state index contributed by atoms with van der Waals surface area (Å²) in [7, 11) is 0. The predicted molar refractivity (Wildman–Crippen MR) is 68.0 cm³/mol. The van der Waals surface area contributed by atoms with E-state index in [-0.39, 0.29) is 5.91 Å². The fourth-order valence-corrected chi connectivity index (χ4v) is 1.53. The van der Waals surface area contributed by atoms with Gasteiger partial charge in [0, 0.05) is 5.56 Å². The SMILES string of the molecule is Cc1noc(NC(=O)[C@H](N)c2ccccc2)c1C. The van der Waals surface area contributed by atoms with Crippen LogP contribution in [0, 0.1) is 13.8 Å². The zero-order chi connectivity index (χ0) is 13.1. The maximum absolute atomic E-state index is 12.0. The molecule has 0 unspecified atom stereocenters. The van der Waals surface area contributed by atoms with Crippen LogP contribution >= 0.6 is 0 Å². The van der Waals surface area contributed by atoms with Crippen molar-refractivity contribution in [2.45, 2.75) is 19.9 Å². The number of carbonyl (C=O) groups is 1. The first-order valence-electron chi connectivity index (χ1n) is 5.64. The summed E-state index contributed by atoms with van der Waals surface area (Å²) in [5.74, 6) is 0.0318. The summed E-state index contributed by atoms with van der Waals surface area (Å²) in [6.07, 6.45) is 0. The first-order chi connectivity index (χ1) is 8.59. The number of hydrogen-bond donors (Lipinski definition) is 2. The van der Waals surface area contributed by atoms with E-state index in [0.29, 0.717) is 5.88 Å². The Balaban J connectivity index is 2.11. The van der Waals surface area contributed by atoms with Crippen molar-refractivity contribution in [1.29, 1.82) is 0 Å². The van der Waals surface area contributed by atoms with Crippen LogP contribution in [0.4, 0.5) is 5.88 Å². The topological polar surface area (TPSA) is 81.2 Å². The molecule has 94 valence electrons. The minimum absolute atomic E-state index is 0.319. The average Bonchev–Trinajstić information content (AvgIpc) is 2.71. The van der Waals surface area contributed by atoms with Gasteiger partial charge in [0.25, 0.3) is 0 Å². The number of nitrogens with two attached hydrogens (primary N) is 1. The largest absolute Gasteiger partial charge is 0.338 e. The van der Waals surface area contributed by atoms with Crippen LogP contribution in [0.3, 0.4) is 0 Å². The van der Waals surface area contributed by atoms with Gasteiger partial charge in [0.05, 0.1) is 5.69 Å². The first-order valence-corrected chi connectivity index (χ1v) is 5.64. The lowest BCUT2D eigenvalue weighted by molar-refractivity contribution is -0.117. The molecule has 0 fully saturated rings. The lowest BCUT2D eigenvalue weighted by atomic mass is 10.1. The van der Waals surface area contributed by atoms with Gasteiger partial charge >= 0.3 is 0 Å². The fourth-order valence-electron chi connectivity index (χ4n) is 1.53. The molecule has 0 aliphatic carbocycles. The minimum Gasteiger partial charge on any atom is -0.338 e. The van der Waals surface area contributed by atoms with Gasteiger partial charge < -0.3 is 10.3 Å². The highest BCUT2D eigenvalue weighted by Crippen LogP contribution is 2.19. The van der Waals surface area contributed by atoms with Crippen LogP contribution in [0.5, 0.6) is 0 Å². The first kappa shape index (κ1) is 12.3. The lowest BCUT2D eigenvalue weighted by Gasteiger charge is -2.10. The molecular formula is C13H15N3O2. The summed E-state index contributed by atoms with van der Waals surface area (Å²) < 4.78 is 5.01. The van der Waals surface area contributed by atoms with Crippen LogP contribution in [0.2, 0.25) is 0 Å². The van der Waals surface area contributed by atoms with Crippen LogP contribution in [-0.4, -0.2) is 11.1 Å². The average molecular weight is 245 g/mol. The summed E-state index contributed by atoms with van der Waals surface area (Å²) in [6.45, 7) is 3.64. The van der Waals surface area contributed by atoms with Gasteiger partial charge in [-0.1, -0.05) is 35.5 Å². The van der Waals surface area contributed by atoms with Crippen molar-refractivity contribution in [1.82, 2.24) is 5.16 Å². The third-order valence-corrected chi connectivity index (χ3v) is 2.84. The van der Waals surface area contributed by atoms with Crippen LogP contribution in [0.1, 0.15) is 22.9 Å². The fraction of sp³-hybridized carbons (Fsp3) is 0.231. The Morgan fingerprint density at radius 3 is 2.56 bits per heavy atom. The molecule has 0 bridgehead atoms. The van der Waals surface area contributed by atoms with E-state index in [1.807, 2.05) is 44.2 Å². The summed E-state index contributed by atoms with van der Waals surface area (Å²) in [5, 5.41) is 6.41. The summed E-state index contributed by atoms with van der Waals surface area (Å²) in [4.78, 5) is 12.0. The Morgan fingerprint density at radius 1 is 1.33 bits per heavy atom. The zero-order valence-electron chi connectivity index (χ0n) is 10.3. The second-order valence-electron chi connectivity index (χ2n) is 4.10. The molecule has 0 saturated carbocycles. The highest BCUT2D eigenvalue weighted by Gasteiger charge is 2.18. The van der Waals surface area contributed by atoms with E-state index >= 15 is 0 Å². The van der Waals surface area contributed by atoms with Crippen LogP contribution in [-0.2, 0) is 4.79 Å². The molecule has 3 N–H and O–H groups in total. The third-order valence-electron chi connectivity index (χ3n) is 2.84. The molecule has 0 spiro atoms. The summed E-state index contributed by atoms with van der Waals surface area (Å²) >= 11 is 0. The van der Waals surface area contributed by atoms with Crippen molar-refractivity contribution in [2.24, 2.45) is 5.73 Å². The second-order valence-corrected chi connectivity index (χ2v) is 4.10. The van der Waals surface area contributed by atoms with Crippen LogP contribution in [0.25, 0.3) is 0 Å². The molecular weight excluding hydrogens is 230 g/mol. The smallest absolute Gasteiger partial charge is 0.248 e. The third kappa shape index (κ3) is 2.41.